The molecule has 1 fully saturated rings. The molecule has 2 unspecified atom stereocenters. The van der Waals surface area contributed by atoms with E-state index in [0.717, 1.165) is 6.54 Å². The monoisotopic (exact) mass is 244 g/mol. The number of rotatable bonds is 2. The van der Waals surface area contributed by atoms with E-state index in [9.17, 15) is 0 Å². The van der Waals surface area contributed by atoms with Crippen LogP contribution in [0.1, 0.15) is 41.5 Å². The molecule has 3 heteroatoms. The molecule has 96 valence electrons. The predicted octanol–water partition coefficient (Wildman–Crippen LogP) is 2.58. The van der Waals surface area contributed by atoms with Gasteiger partial charge in [0.2, 0.25) is 0 Å². The quantitative estimate of drug-likeness (QED) is 0.809. The fourth-order valence-electron chi connectivity index (χ4n) is 2.96. The average molecular weight is 244 g/mol. The summed E-state index contributed by atoms with van der Waals surface area (Å²) in [5, 5.41) is 0. The minimum absolute atomic E-state index is 0.235. The van der Waals surface area contributed by atoms with E-state index >= 15 is 0 Å². The van der Waals surface area contributed by atoms with E-state index in [1.54, 1.807) is 0 Å². The summed E-state index contributed by atoms with van der Waals surface area (Å²) in [6.45, 7) is 16.1. The summed E-state index contributed by atoms with van der Waals surface area (Å²) in [5.74, 6) is 1.23. The maximum Gasteiger partial charge on any atom is 0.0293 e. The Kier molecular flexibility index (Phi) is 4.36. The van der Waals surface area contributed by atoms with E-state index in [2.05, 4.69) is 58.2 Å². The van der Waals surface area contributed by atoms with Crippen LogP contribution in [0.25, 0.3) is 0 Å². The van der Waals surface area contributed by atoms with E-state index < -0.39 is 0 Å². The lowest BCUT2D eigenvalue weighted by atomic mass is 9.81. The second-order valence-corrected chi connectivity index (χ2v) is 8.55. The summed E-state index contributed by atoms with van der Waals surface area (Å²) in [5.41, 5.74) is 6.45. The van der Waals surface area contributed by atoms with E-state index in [-0.39, 0.29) is 11.5 Å². The van der Waals surface area contributed by atoms with E-state index in [4.69, 9.17) is 5.73 Å². The normalized spacial score (nSPS) is 26.4. The molecule has 0 aromatic heterocycles. The topological polar surface area (TPSA) is 29.3 Å². The molecule has 2 N–H and O–H groups in total. The Hall–Kier alpha value is 0.270. The highest BCUT2D eigenvalue weighted by atomic mass is 32.2. The molecule has 0 bridgehead atoms. The van der Waals surface area contributed by atoms with Gasteiger partial charge in [-0.15, -0.1) is 0 Å². The summed E-state index contributed by atoms with van der Waals surface area (Å²) in [4.78, 5) is 2.60. The van der Waals surface area contributed by atoms with Crippen LogP contribution in [0.5, 0.6) is 0 Å². The molecule has 1 aliphatic rings. The van der Waals surface area contributed by atoms with Crippen molar-refractivity contribution < 1.29 is 0 Å². The Balaban J connectivity index is 2.80. The standard InChI is InChI=1S/C13H28N2S/c1-10(14)11(12(2,3)4)15-7-8-16-13(5,6)9-15/h10-11H,7-9,14H2,1-6H3. The van der Waals surface area contributed by atoms with Gasteiger partial charge < -0.3 is 5.73 Å². The Bertz CT molecular complexity index is 231. The lowest BCUT2D eigenvalue weighted by Gasteiger charge is -2.48. The molecule has 1 saturated heterocycles. The molecule has 1 rings (SSSR count). The number of nitrogens with zero attached hydrogens (tertiary/aromatic N) is 1. The van der Waals surface area contributed by atoms with Gasteiger partial charge in [0.25, 0.3) is 0 Å². The number of hydrogen-bond donors (Lipinski definition) is 1. The molecular formula is C13H28N2S. The van der Waals surface area contributed by atoms with Gasteiger partial charge in [-0.25, -0.2) is 0 Å². The first-order valence-corrected chi connectivity index (χ1v) is 7.26. The molecule has 0 radical (unpaired) electrons. The average Bonchev–Trinajstić information content (AvgIpc) is 1.97. The fourth-order valence-corrected chi connectivity index (χ4v) is 4.09. The molecule has 0 aromatic carbocycles. The minimum Gasteiger partial charge on any atom is -0.327 e. The van der Waals surface area contributed by atoms with Gasteiger partial charge >= 0.3 is 0 Å². The Morgan fingerprint density at radius 1 is 1.31 bits per heavy atom. The SMILES string of the molecule is CC(N)C(N1CCSC(C)(C)C1)C(C)(C)C. The van der Waals surface area contributed by atoms with Crippen LogP contribution in [0.4, 0.5) is 0 Å². The second kappa shape index (κ2) is 4.87. The maximum absolute atomic E-state index is 6.19. The van der Waals surface area contributed by atoms with E-state index in [1.165, 1.54) is 12.3 Å². The number of thioether (sulfide) groups is 1. The first kappa shape index (κ1) is 14.3. The van der Waals surface area contributed by atoms with Gasteiger partial charge in [-0.05, 0) is 26.2 Å². The van der Waals surface area contributed by atoms with Crippen LogP contribution in [0.3, 0.4) is 0 Å². The van der Waals surface area contributed by atoms with Gasteiger partial charge in [0, 0.05) is 35.7 Å². The van der Waals surface area contributed by atoms with Crippen molar-refractivity contribution in [2.45, 2.75) is 58.4 Å². The zero-order valence-electron chi connectivity index (χ0n) is 11.7. The van der Waals surface area contributed by atoms with Crippen LogP contribution < -0.4 is 5.73 Å². The molecule has 0 spiro atoms. The Morgan fingerprint density at radius 2 is 1.88 bits per heavy atom. The third-order valence-corrected chi connectivity index (χ3v) is 4.53. The molecule has 1 heterocycles. The van der Waals surface area contributed by atoms with Crippen molar-refractivity contribution >= 4 is 11.8 Å². The van der Waals surface area contributed by atoms with Gasteiger partial charge in [-0.2, -0.15) is 11.8 Å². The summed E-state index contributed by atoms with van der Waals surface area (Å²) in [6, 6.07) is 0.714. The van der Waals surface area contributed by atoms with Crippen LogP contribution in [0.2, 0.25) is 0 Å². The number of hydrogen-bond acceptors (Lipinski definition) is 3. The molecule has 1 aliphatic heterocycles. The van der Waals surface area contributed by atoms with Crippen molar-refractivity contribution in [2.24, 2.45) is 11.1 Å². The molecule has 0 aromatic rings. The highest BCUT2D eigenvalue weighted by Crippen LogP contribution is 2.35. The maximum atomic E-state index is 6.19. The fraction of sp³-hybridized carbons (Fsp3) is 1.00. The van der Waals surface area contributed by atoms with Crippen molar-refractivity contribution in [3.05, 3.63) is 0 Å². The van der Waals surface area contributed by atoms with Gasteiger partial charge in [0.15, 0.2) is 0 Å². The van der Waals surface area contributed by atoms with Crippen molar-refractivity contribution in [1.29, 1.82) is 0 Å². The molecule has 2 atom stereocenters. The number of nitrogens with two attached hydrogens (primary N) is 1. The van der Waals surface area contributed by atoms with Crippen molar-refractivity contribution in [2.75, 3.05) is 18.8 Å². The van der Waals surface area contributed by atoms with E-state index in [0.29, 0.717) is 10.8 Å². The highest BCUT2D eigenvalue weighted by Gasteiger charge is 2.38. The molecular weight excluding hydrogens is 216 g/mol. The van der Waals surface area contributed by atoms with Crippen molar-refractivity contribution in [3.8, 4) is 0 Å². The molecule has 0 saturated carbocycles. The van der Waals surface area contributed by atoms with Crippen molar-refractivity contribution in [3.63, 3.8) is 0 Å². The van der Waals surface area contributed by atoms with Gasteiger partial charge in [0.05, 0.1) is 0 Å². The van der Waals surface area contributed by atoms with Gasteiger partial charge in [-0.1, -0.05) is 20.8 Å². The van der Waals surface area contributed by atoms with Gasteiger partial charge in [-0.3, -0.25) is 4.90 Å². The summed E-state index contributed by atoms with van der Waals surface area (Å²) in [7, 11) is 0. The Labute approximate surface area is 105 Å². The first-order chi connectivity index (χ1) is 7.13. The third kappa shape index (κ3) is 3.64. The minimum atomic E-state index is 0.235. The third-order valence-electron chi connectivity index (χ3n) is 3.23. The summed E-state index contributed by atoms with van der Waals surface area (Å²) >= 11 is 2.08. The van der Waals surface area contributed by atoms with Crippen LogP contribution in [-0.2, 0) is 0 Å². The lowest BCUT2D eigenvalue weighted by molar-refractivity contribution is 0.0777. The predicted molar refractivity (Wildman–Crippen MR) is 75.0 cm³/mol. The summed E-state index contributed by atoms with van der Waals surface area (Å²) in [6.07, 6.45) is 0. The molecule has 0 amide bonds. The molecule has 16 heavy (non-hydrogen) atoms. The van der Waals surface area contributed by atoms with Crippen LogP contribution in [0, 0.1) is 5.41 Å². The van der Waals surface area contributed by atoms with Crippen molar-refractivity contribution in [1.82, 2.24) is 4.90 Å². The zero-order chi connectivity index (χ0) is 12.6. The largest absolute Gasteiger partial charge is 0.327 e. The van der Waals surface area contributed by atoms with Crippen LogP contribution in [-0.4, -0.2) is 40.6 Å². The molecule has 2 nitrogen and oxygen atoms in total. The molecule has 0 aliphatic carbocycles. The Morgan fingerprint density at radius 3 is 2.25 bits per heavy atom. The highest BCUT2D eigenvalue weighted by molar-refractivity contribution is 8.00. The smallest absolute Gasteiger partial charge is 0.0293 e. The summed E-state index contributed by atoms with van der Waals surface area (Å²) < 4.78 is 0.372. The van der Waals surface area contributed by atoms with Crippen LogP contribution in [0.15, 0.2) is 0 Å². The van der Waals surface area contributed by atoms with Crippen LogP contribution >= 0.6 is 11.8 Å². The second-order valence-electron chi connectivity index (χ2n) is 6.75. The first-order valence-electron chi connectivity index (χ1n) is 6.27. The zero-order valence-corrected chi connectivity index (χ0v) is 12.5. The lowest BCUT2D eigenvalue weighted by Crippen LogP contribution is -2.58. The van der Waals surface area contributed by atoms with E-state index in [1.807, 2.05) is 0 Å². The van der Waals surface area contributed by atoms with Gasteiger partial charge in [0.1, 0.15) is 0 Å².